The lowest BCUT2D eigenvalue weighted by Crippen LogP contribution is -2.31. The van der Waals surface area contributed by atoms with Gasteiger partial charge in [0, 0.05) is 24.4 Å². The molecule has 2 fully saturated rings. The second-order valence-corrected chi connectivity index (χ2v) is 12.8. The molecule has 5 unspecified atom stereocenters. The molecule has 0 spiro atoms. The SMILES string of the molecule is CC(Cc1cccc(C(F)(F)F)c1)NCCOC(=O)c1ccccc1.Cl.c1cc2c(cc1C1OCC3C(c4ccc5c(c4)OCO5)OCC13)OCO2. The lowest BCUT2D eigenvalue weighted by atomic mass is 9.85. The molecule has 0 radical (unpaired) electrons. The predicted octanol–water partition coefficient (Wildman–Crippen LogP) is 7.72. The van der Waals surface area contributed by atoms with Crippen LogP contribution in [0.15, 0.2) is 91.0 Å². The van der Waals surface area contributed by atoms with Gasteiger partial charge in [-0.05, 0) is 72.5 Å². The summed E-state index contributed by atoms with van der Waals surface area (Å²) in [4.78, 5) is 11.8. The molecular formula is C39H39ClF3NO8. The van der Waals surface area contributed by atoms with Crippen molar-refractivity contribution < 1.29 is 51.1 Å². The van der Waals surface area contributed by atoms with Crippen LogP contribution in [0.4, 0.5) is 13.2 Å². The van der Waals surface area contributed by atoms with Gasteiger partial charge in [-0.15, -0.1) is 12.4 Å². The van der Waals surface area contributed by atoms with Gasteiger partial charge in [0.1, 0.15) is 6.61 Å². The largest absolute Gasteiger partial charge is 0.461 e. The number of carbonyl (C=O) groups is 1. The van der Waals surface area contributed by atoms with Gasteiger partial charge in [-0.1, -0.05) is 48.5 Å². The van der Waals surface area contributed by atoms with Crippen molar-refractivity contribution in [2.45, 2.75) is 37.8 Å². The van der Waals surface area contributed by atoms with Crippen LogP contribution in [0.3, 0.4) is 0 Å². The number of hydrogen-bond donors (Lipinski definition) is 1. The predicted molar refractivity (Wildman–Crippen MR) is 186 cm³/mol. The van der Waals surface area contributed by atoms with Crippen molar-refractivity contribution in [1.29, 1.82) is 0 Å². The molecule has 4 aliphatic heterocycles. The quantitative estimate of drug-likeness (QED) is 0.137. The van der Waals surface area contributed by atoms with E-state index in [1.54, 1.807) is 30.3 Å². The van der Waals surface area contributed by atoms with E-state index in [1.165, 1.54) is 6.07 Å². The standard InChI is InChI=1S/C20H18O6.C19H20F3NO2.ClH/c1-3-15-17(25-9-23-15)5-11(1)19-13-7-22-20(14(13)8-21-19)12-2-4-16-18(6-12)26-10-24-16;1-14(12-15-6-5-9-17(13-15)19(20,21)22)23-10-11-25-18(24)16-7-3-2-4-8-16;/h1-6,13-14,19-20H,7-10H2;2-9,13-14,23H,10-12H2,1H3;1H. The molecule has 4 heterocycles. The molecule has 4 aromatic carbocycles. The van der Waals surface area contributed by atoms with Crippen LogP contribution < -0.4 is 24.3 Å². The van der Waals surface area contributed by atoms with Crippen molar-refractivity contribution in [1.82, 2.24) is 5.32 Å². The molecule has 0 bridgehead atoms. The summed E-state index contributed by atoms with van der Waals surface area (Å²) in [6.45, 7) is 4.43. The molecular weight excluding hydrogens is 703 g/mol. The van der Waals surface area contributed by atoms with Crippen LogP contribution in [0, 0.1) is 11.8 Å². The highest BCUT2D eigenvalue weighted by molar-refractivity contribution is 5.89. The third-order valence-electron chi connectivity index (χ3n) is 9.35. The molecule has 0 aromatic heterocycles. The van der Waals surface area contributed by atoms with Gasteiger partial charge in [-0.2, -0.15) is 13.2 Å². The minimum atomic E-state index is -4.34. The van der Waals surface area contributed by atoms with Crippen LogP contribution in [0.25, 0.3) is 0 Å². The number of fused-ring (bicyclic) bond motifs is 3. The van der Waals surface area contributed by atoms with Gasteiger partial charge in [0.2, 0.25) is 13.6 Å². The first kappa shape index (κ1) is 37.3. The second-order valence-electron chi connectivity index (χ2n) is 12.8. The molecule has 8 rings (SSSR count). The highest BCUT2D eigenvalue weighted by Crippen LogP contribution is 2.52. The van der Waals surface area contributed by atoms with E-state index in [4.69, 9.17) is 33.2 Å². The molecule has 0 amide bonds. The molecule has 0 saturated carbocycles. The number of ether oxygens (including phenoxy) is 7. The lowest BCUT2D eigenvalue weighted by molar-refractivity contribution is -0.137. The smallest absolute Gasteiger partial charge is 0.416 e. The topological polar surface area (TPSA) is 93.7 Å². The zero-order valence-electron chi connectivity index (χ0n) is 28.3. The number of halogens is 4. The van der Waals surface area contributed by atoms with Gasteiger partial charge < -0.3 is 38.5 Å². The fourth-order valence-corrected chi connectivity index (χ4v) is 6.82. The maximum absolute atomic E-state index is 12.7. The van der Waals surface area contributed by atoms with E-state index in [-0.39, 0.29) is 50.8 Å². The number of nitrogens with one attached hydrogen (secondary N) is 1. The molecule has 13 heteroatoms. The van der Waals surface area contributed by atoms with Crippen molar-refractivity contribution in [2.75, 3.05) is 40.0 Å². The monoisotopic (exact) mass is 741 g/mol. The molecule has 52 heavy (non-hydrogen) atoms. The summed E-state index contributed by atoms with van der Waals surface area (Å²) in [5, 5.41) is 3.14. The summed E-state index contributed by atoms with van der Waals surface area (Å²) in [5.74, 6) is 3.43. The molecule has 1 N–H and O–H groups in total. The first-order valence-corrected chi connectivity index (χ1v) is 16.9. The summed E-state index contributed by atoms with van der Waals surface area (Å²) in [6, 6.07) is 26.0. The van der Waals surface area contributed by atoms with Crippen molar-refractivity contribution >= 4 is 18.4 Å². The van der Waals surface area contributed by atoms with E-state index < -0.39 is 17.7 Å². The lowest BCUT2D eigenvalue weighted by Gasteiger charge is -2.17. The van der Waals surface area contributed by atoms with E-state index in [1.807, 2.05) is 37.3 Å². The average molecular weight is 742 g/mol. The van der Waals surface area contributed by atoms with Crippen LogP contribution in [-0.4, -0.2) is 52.0 Å². The normalized spacial score (nSPS) is 21.4. The molecule has 2 saturated heterocycles. The Balaban J connectivity index is 0.000000176. The minimum absolute atomic E-state index is 0. The minimum Gasteiger partial charge on any atom is -0.461 e. The third kappa shape index (κ3) is 8.58. The Labute approximate surface area is 305 Å². The van der Waals surface area contributed by atoms with Gasteiger partial charge in [0.05, 0.1) is 36.5 Å². The van der Waals surface area contributed by atoms with E-state index in [9.17, 15) is 18.0 Å². The van der Waals surface area contributed by atoms with Gasteiger partial charge in [-0.25, -0.2) is 4.79 Å². The molecule has 4 aliphatic rings. The number of hydrogen-bond acceptors (Lipinski definition) is 9. The maximum atomic E-state index is 12.7. The van der Waals surface area contributed by atoms with E-state index in [0.29, 0.717) is 49.1 Å². The molecule has 4 aromatic rings. The molecule has 276 valence electrons. The average Bonchev–Trinajstić information content (AvgIpc) is 3.95. The summed E-state index contributed by atoms with van der Waals surface area (Å²) >= 11 is 0. The Kier molecular flexibility index (Phi) is 11.8. The van der Waals surface area contributed by atoms with Crippen molar-refractivity contribution in [3.8, 4) is 23.0 Å². The zero-order chi connectivity index (χ0) is 35.4. The van der Waals surface area contributed by atoms with E-state index >= 15 is 0 Å². The van der Waals surface area contributed by atoms with Crippen LogP contribution in [-0.2, 0) is 26.8 Å². The number of rotatable bonds is 9. The Morgan fingerprint density at radius 1 is 0.769 bits per heavy atom. The third-order valence-corrected chi connectivity index (χ3v) is 9.35. The Bertz CT molecular complexity index is 1760. The van der Waals surface area contributed by atoms with Crippen LogP contribution in [0.2, 0.25) is 0 Å². The summed E-state index contributed by atoms with van der Waals surface area (Å²) in [7, 11) is 0. The van der Waals surface area contributed by atoms with Gasteiger partial charge >= 0.3 is 12.1 Å². The maximum Gasteiger partial charge on any atom is 0.416 e. The van der Waals surface area contributed by atoms with E-state index in [0.717, 1.165) is 46.3 Å². The van der Waals surface area contributed by atoms with Crippen molar-refractivity contribution in [3.05, 3.63) is 119 Å². The fraction of sp³-hybridized carbons (Fsp3) is 0.359. The van der Waals surface area contributed by atoms with E-state index in [2.05, 4.69) is 17.4 Å². The van der Waals surface area contributed by atoms with Crippen LogP contribution in [0.5, 0.6) is 23.0 Å². The number of benzene rings is 4. The summed E-state index contributed by atoms with van der Waals surface area (Å²) in [6.07, 6.45) is -3.84. The van der Waals surface area contributed by atoms with Crippen molar-refractivity contribution in [2.24, 2.45) is 11.8 Å². The summed E-state index contributed by atoms with van der Waals surface area (Å²) in [5.41, 5.74) is 2.69. The number of carbonyl (C=O) groups excluding carboxylic acids is 1. The Morgan fingerprint density at radius 2 is 1.35 bits per heavy atom. The zero-order valence-corrected chi connectivity index (χ0v) is 29.1. The highest BCUT2D eigenvalue weighted by atomic mass is 35.5. The first-order valence-electron chi connectivity index (χ1n) is 16.9. The molecule has 5 atom stereocenters. The molecule has 0 aliphatic carbocycles. The van der Waals surface area contributed by atoms with Crippen molar-refractivity contribution in [3.63, 3.8) is 0 Å². The van der Waals surface area contributed by atoms with Gasteiger partial charge in [0.15, 0.2) is 23.0 Å². The molecule has 9 nitrogen and oxygen atoms in total. The second kappa shape index (κ2) is 16.5. The Hall–Kier alpha value is -4.49. The Morgan fingerprint density at radius 3 is 1.92 bits per heavy atom. The highest BCUT2D eigenvalue weighted by Gasteiger charge is 2.48. The first-order chi connectivity index (χ1) is 24.7. The van der Waals surface area contributed by atoms with Crippen LogP contribution in [0.1, 0.15) is 51.7 Å². The fourth-order valence-electron chi connectivity index (χ4n) is 6.82. The van der Waals surface area contributed by atoms with Gasteiger partial charge in [0.25, 0.3) is 0 Å². The van der Waals surface area contributed by atoms with Gasteiger partial charge in [-0.3, -0.25) is 0 Å². The number of alkyl halides is 3. The van der Waals surface area contributed by atoms with Crippen LogP contribution >= 0.6 is 12.4 Å². The number of esters is 1. The summed E-state index contributed by atoms with van der Waals surface area (Å²) < 4.78 is 77.4.